The second kappa shape index (κ2) is 7.45. The Hall–Kier alpha value is -2.79. The molecule has 0 atom stereocenters. The van der Waals surface area contributed by atoms with Crippen molar-refractivity contribution in [2.24, 2.45) is 0 Å². The normalized spacial score (nSPS) is 13.3. The first kappa shape index (κ1) is 17.6. The lowest BCUT2D eigenvalue weighted by atomic mass is 10.1. The number of ether oxygens (including phenoxy) is 1. The molecule has 0 spiro atoms. The van der Waals surface area contributed by atoms with E-state index in [1.54, 1.807) is 6.07 Å². The topological polar surface area (TPSA) is 47.4 Å². The highest BCUT2D eigenvalue weighted by Crippen LogP contribution is 2.22. The maximum absolute atomic E-state index is 12.8. The van der Waals surface area contributed by atoms with Crippen molar-refractivity contribution in [3.8, 4) is 5.88 Å². The van der Waals surface area contributed by atoms with Crippen molar-refractivity contribution in [3.63, 3.8) is 0 Å². The molecule has 2 aromatic carbocycles. The number of nitrogens with zero attached hydrogens (tertiary/aromatic N) is 3. The van der Waals surface area contributed by atoms with E-state index in [4.69, 9.17) is 16.3 Å². The molecule has 2 heterocycles. The Morgan fingerprint density at radius 1 is 1.15 bits per heavy atom. The van der Waals surface area contributed by atoms with Crippen LogP contribution in [0.5, 0.6) is 5.88 Å². The number of aryl methyl sites for hydroxylation is 1. The molecule has 27 heavy (non-hydrogen) atoms. The minimum Gasteiger partial charge on any atom is -0.472 e. The van der Waals surface area contributed by atoms with Gasteiger partial charge in [-0.3, -0.25) is 9.48 Å². The van der Waals surface area contributed by atoms with Gasteiger partial charge in [-0.1, -0.05) is 41.9 Å². The zero-order valence-corrected chi connectivity index (χ0v) is 15.8. The Kier molecular flexibility index (Phi) is 4.86. The van der Waals surface area contributed by atoms with Gasteiger partial charge in [0.2, 0.25) is 5.88 Å². The molecule has 0 unspecified atom stereocenters. The van der Waals surface area contributed by atoms with Crippen LogP contribution in [-0.4, -0.2) is 27.1 Å². The Morgan fingerprint density at radius 2 is 1.96 bits per heavy atom. The molecule has 0 saturated heterocycles. The third kappa shape index (κ3) is 3.98. The van der Waals surface area contributed by atoms with Crippen molar-refractivity contribution in [1.82, 2.24) is 14.7 Å². The Balaban J connectivity index is 1.45. The average Bonchev–Trinajstić information content (AvgIpc) is 3.08. The molecule has 0 saturated carbocycles. The standard InChI is InChI=1S/C21H20ClN3O2/c1-15-9-17(11-18(22)10-15)21(26)24-7-8-25-19(13-24)12-20(23-25)27-14-16-5-3-2-4-6-16/h2-6,9-12H,7-8,13-14H2,1H3. The highest BCUT2D eigenvalue weighted by Gasteiger charge is 2.24. The number of benzene rings is 2. The lowest BCUT2D eigenvalue weighted by Gasteiger charge is -2.27. The lowest BCUT2D eigenvalue weighted by molar-refractivity contribution is 0.0706. The summed E-state index contributed by atoms with van der Waals surface area (Å²) in [5.41, 5.74) is 3.66. The predicted octanol–water partition coefficient (Wildman–Crippen LogP) is 4.08. The SMILES string of the molecule is Cc1cc(Cl)cc(C(=O)N2CCn3nc(OCc4ccccc4)cc3C2)c1. The van der Waals surface area contributed by atoms with Gasteiger partial charge in [0.25, 0.3) is 5.91 Å². The molecular weight excluding hydrogens is 362 g/mol. The number of carbonyl (C=O) groups excluding carboxylic acids is 1. The van der Waals surface area contributed by atoms with E-state index in [0.717, 1.165) is 16.8 Å². The van der Waals surface area contributed by atoms with E-state index in [9.17, 15) is 4.79 Å². The largest absolute Gasteiger partial charge is 0.472 e. The number of amides is 1. The Labute approximate surface area is 163 Å². The summed E-state index contributed by atoms with van der Waals surface area (Å²) >= 11 is 6.10. The molecule has 138 valence electrons. The van der Waals surface area contributed by atoms with Gasteiger partial charge in [0, 0.05) is 23.2 Å². The van der Waals surface area contributed by atoms with Gasteiger partial charge in [-0.15, -0.1) is 5.10 Å². The summed E-state index contributed by atoms with van der Waals surface area (Å²) in [5.74, 6) is 0.571. The maximum Gasteiger partial charge on any atom is 0.254 e. The van der Waals surface area contributed by atoms with Gasteiger partial charge in [-0.25, -0.2) is 0 Å². The molecule has 0 N–H and O–H groups in total. The van der Waals surface area contributed by atoms with Crippen LogP contribution in [0.4, 0.5) is 0 Å². The van der Waals surface area contributed by atoms with Crippen LogP contribution in [0, 0.1) is 6.92 Å². The van der Waals surface area contributed by atoms with Crippen molar-refractivity contribution in [2.75, 3.05) is 6.54 Å². The minimum atomic E-state index is -0.0141. The first-order valence-electron chi connectivity index (χ1n) is 8.88. The maximum atomic E-state index is 12.8. The Morgan fingerprint density at radius 3 is 2.74 bits per heavy atom. The second-order valence-corrected chi connectivity index (χ2v) is 7.15. The fraction of sp³-hybridized carbons (Fsp3) is 0.238. The summed E-state index contributed by atoms with van der Waals surface area (Å²) in [6, 6.07) is 17.3. The molecule has 0 bridgehead atoms. The fourth-order valence-electron chi connectivity index (χ4n) is 3.26. The van der Waals surface area contributed by atoms with Crippen molar-refractivity contribution in [1.29, 1.82) is 0 Å². The first-order valence-corrected chi connectivity index (χ1v) is 9.26. The molecule has 6 heteroatoms. The quantitative estimate of drug-likeness (QED) is 0.684. The summed E-state index contributed by atoms with van der Waals surface area (Å²) in [7, 11) is 0. The number of hydrogen-bond donors (Lipinski definition) is 0. The van der Waals surface area contributed by atoms with Crippen LogP contribution in [0.15, 0.2) is 54.6 Å². The molecule has 1 aliphatic heterocycles. The Bertz CT molecular complexity index is 949. The summed E-state index contributed by atoms with van der Waals surface area (Å²) in [6.45, 7) is 4.17. The van der Waals surface area contributed by atoms with Crippen LogP contribution in [-0.2, 0) is 19.7 Å². The van der Waals surface area contributed by atoms with Crippen LogP contribution in [0.3, 0.4) is 0 Å². The number of aromatic nitrogens is 2. The molecule has 0 aliphatic carbocycles. The number of halogens is 1. The van der Waals surface area contributed by atoms with Gasteiger partial charge >= 0.3 is 0 Å². The molecule has 1 amide bonds. The smallest absolute Gasteiger partial charge is 0.254 e. The van der Waals surface area contributed by atoms with E-state index in [2.05, 4.69) is 5.10 Å². The molecule has 0 fully saturated rings. The zero-order valence-electron chi connectivity index (χ0n) is 15.1. The van der Waals surface area contributed by atoms with Gasteiger partial charge in [0.1, 0.15) is 6.61 Å². The number of fused-ring (bicyclic) bond motifs is 1. The lowest BCUT2D eigenvalue weighted by Crippen LogP contribution is -2.38. The van der Waals surface area contributed by atoms with Gasteiger partial charge in [0.05, 0.1) is 18.8 Å². The highest BCUT2D eigenvalue weighted by molar-refractivity contribution is 6.31. The van der Waals surface area contributed by atoms with Gasteiger partial charge in [-0.2, -0.15) is 0 Å². The molecular formula is C21H20ClN3O2. The van der Waals surface area contributed by atoms with E-state index in [1.165, 1.54) is 0 Å². The molecule has 1 aromatic heterocycles. The predicted molar refractivity (Wildman–Crippen MR) is 104 cm³/mol. The molecule has 0 radical (unpaired) electrons. The first-order chi connectivity index (χ1) is 13.1. The van der Waals surface area contributed by atoms with Crippen molar-refractivity contribution in [2.45, 2.75) is 26.6 Å². The van der Waals surface area contributed by atoms with Gasteiger partial charge in [-0.05, 0) is 36.2 Å². The van der Waals surface area contributed by atoms with Crippen LogP contribution >= 0.6 is 11.6 Å². The van der Waals surface area contributed by atoms with Crippen LogP contribution in [0.2, 0.25) is 5.02 Å². The zero-order chi connectivity index (χ0) is 18.8. The second-order valence-electron chi connectivity index (χ2n) is 6.72. The third-order valence-electron chi connectivity index (χ3n) is 4.58. The summed E-state index contributed by atoms with van der Waals surface area (Å²) in [4.78, 5) is 14.7. The van der Waals surface area contributed by atoms with Gasteiger partial charge in [0.15, 0.2) is 0 Å². The van der Waals surface area contributed by atoms with E-state index in [-0.39, 0.29) is 5.91 Å². The van der Waals surface area contributed by atoms with Crippen LogP contribution in [0.25, 0.3) is 0 Å². The van der Waals surface area contributed by atoms with Crippen molar-refractivity contribution in [3.05, 3.63) is 82.0 Å². The summed E-state index contributed by atoms with van der Waals surface area (Å²) < 4.78 is 7.71. The average molecular weight is 382 g/mol. The third-order valence-corrected chi connectivity index (χ3v) is 4.80. The van der Waals surface area contributed by atoms with Crippen LogP contribution in [0.1, 0.15) is 27.2 Å². The van der Waals surface area contributed by atoms with Crippen molar-refractivity contribution >= 4 is 17.5 Å². The van der Waals surface area contributed by atoms with E-state index < -0.39 is 0 Å². The number of rotatable bonds is 4. The van der Waals surface area contributed by atoms with E-state index in [0.29, 0.717) is 42.7 Å². The highest BCUT2D eigenvalue weighted by atomic mass is 35.5. The van der Waals surface area contributed by atoms with E-state index in [1.807, 2.05) is 65.0 Å². The van der Waals surface area contributed by atoms with E-state index >= 15 is 0 Å². The van der Waals surface area contributed by atoms with Crippen LogP contribution < -0.4 is 4.74 Å². The summed E-state index contributed by atoms with van der Waals surface area (Å²) in [6.07, 6.45) is 0. The monoisotopic (exact) mass is 381 g/mol. The molecule has 5 nitrogen and oxygen atoms in total. The van der Waals surface area contributed by atoms with Gasteiger partial charge < -0.3 is 9.64 Å². The summed E-state index contributed by atoms with van der Waals surface area (Å²) in [5, 5.41) is 5.08. The fourth-order valence-corrected chi connectivity index (χ4v) is 3.55. The number of hydrogen-bond acceptors (Lipinski definition) is 3. The molecule has 3 aromatic rings. The molecule has 4 rings (SSSR count). The van der Waals surface area contributed by atoms with Crippen molar-refractivity contribution < 1.29 is 9.53 Å². The number of carbonyl (C=O) groups is 1. The molecule has 1 aliphatic rings. The minimum absolute atomic E-state index is 0.0141.